The predicted octanol–water partition coefficient (Wildman–Crippen LogP) is 2.75. The molecule has 0 saturated carbocycles. The molecule has 1 aromatic carbocycles. The Labute approximate surface area is 138 Å². The Bertz CT molecular complexity index is 784. The number of hydrogen-bond donors (Lipinski definition) is 2. The summed E-state index contributed by atoms with van der Waals surface area (Å²) in [6.07, 6.45) is 3.93. The number of nitrogen functional groups attached to an aromatic ring is 1. The second-order valence-electron chi connectivity index (χ2n) is 5.69. The van der Waals surface area contributed by atoms with Crippen LogP contribution in [-0.2, 0) is 0 Å². The second kappa shape index (κ2) is 6.00. The molecule has 0 radical (unpaired) electrons. The molecule has 1 saturated heterocycles. The van der Waals surface area contributed by atoms with Crippen molar-refractivity contribution >= 4 is 38.5 Å². The fraction of sp³-hybridized carbons (Fsp3) is 0.312. The van der Waals surface area contributed by atoms with Gasteiger partial charge in [0.15, 0.2) is 5.13 Å². The lowest BCUT2D eigenvalue weighted by Gasteiger charge is -2.33. The van der Waals surface area contributed by atoms with Crippen molar-refractivity contribution in [1.82, 2.24) is 15.0 Å². The number of nitrogens with zero attached hydrogens (tertiary/aromatic N) is 4. The van der Waals surface area contributed by atoms with Gasteiger partial charge in [0.1, 0.15) is 5.82 Å². The molecule has 7 heteroatoms. The number of para-hydroxylation sites is 1. The zero-order valence-electron chi connectivity index (χ0n) is 12.6. The fourth-order valence-corrected chi connectivity index (χ4v) is 3.93. The summed E-state index contributed by atoms with van der Waals surface area (Å²) in [6, 6.07) is 10.5. The van der Waals surface area contributed by atoms with E-state index >= 15 is 0 Å². The van der Waals surface area contributed by atoms with Crippen LogP contribution in [0.2, 0.25) is 0 Å². The number of aromatic nitrogens is 3. The largest absolute Gasteiger partial charge is 0.368 e. The number of nitrogens with two attached hydrogens (primary N) is 1. The first-order chi connectivity index (χ1) is 11.3. The van der Waals surface area contributed by atoms with E-state index in [4.69, 9.17) is 10.7 Å². The number of nitrogens with one attached hydrogen (secondary N) is 1. The van der Waals surface area contributed by atoms with E-state index in [-0.39, 0.29) is 0 Å². The molecule has 1 fully saturated rings. The topological polar surface area (TPSA) is 80.0 Å². The van der Waals surface area contributed by atoms with Gasteiger partial charge in [0, 0.05) is 25.3 Å². The van der Waals surface area contributed by atoms with Gasteiger partial charge in [-0.3, -0.25) is 0 Å². The van der Waals surface area contributed by atoms with Crippen LogP contribution in [0.15, 0.2) is 36.5 Å². The first-order valence-electron chi connectivity index (χ1n) is 7.73. The summed E-state index contributed by atoms with van der Waals surface area (Å²) in [5, 5.41) is 4.56. The molecule has 1 unspecified atom stereocenters. The number of piperidine rings is 1. The molecule has 4 rings (SSSR count). The van der Waals surface area contributed by atoms with Gasteiger partial charge in [-0.1, -0.05) is 23.5 Å². The van der Waals surface area contributed by atoms with Crippen LogP contribution in [0.5, 0.6) is 0 Å². The Morgan fingerprint density at radius 1 is 1.22 bits per heavy atom. The van der Waals surface area contributed by atoms with E-state index < -0.39 is 0 Å². The summed E-state index contributed by atoms with van der Waals surface area (Å²) in [6.45, 7) is 1.97. The van der Waals surface area contributed by atoms with Crippen LogP contribution in [0.4, 0.5) is 16.9 Å². The third-order valence-electron chi connectivity index (χ3n) is 4.00. The molecule has 0 amide bonds. The summed E-state index contributed by atoms with van der Waals surface area (Å²) < 4.78 is 1.24. The van der Waals surface area contributed by atoms with Crippen LogP contribution in [0.25, 0.3) is 10.2 Å². The maximum absolute atomic E-state index is 5.64. The number of rotatable bonds is 3. The smallest absolute Gasteiger partial charge is 0.221 e. The van der Waals surface area contributed by atoms with E-state index in [1.165, 1.54) is 4.70 Å². The lowest BCUT2D eigenvalue weighted by atomic mass is 10.1. The highest BCUT2D eigenvalue weighted by molar-refractivity contribution is 7.22. The predicted molar refractivity (Wildman–Crippen MR) is 94.9 cm³/mol. The summed E-state index contributed by atoms with van der Waals surface area (Å²) in [7, 11) is 0. The summed E-state index contributed by atoms with van der Waals surface area (Å²) in [5.74, 6) is 1.09. The van der Waals surface area contributed by atoms with Gasteiger partial charge in [-0.2, -0.15) is 4.98 Å². The standard InChI is InChI=1S/C16H18N6S/c17-15-18-8-7-14(21-15)19-11-4-3-9-22(10-11)16-20-12-5-1-2-6-13(12)23-16/h1-2,5-8,11H,3-4,9-10H2,(H3,17,18,19,21). The molecule has 2 aromatic heterocycles. The van der Waals surface area contributed by atoms with Crippen LogP contribution in [0.1, 0.15) is 12.8 Å². The van der Waals surface area contributed by atoms with Gasteiger partial charge >= 0.3 is 0 Å². The quantitative estimate of drug-likeness (QED) is 0.770. The Balaban J connectivity index is 1.50. The fourth-order valence-electron chi connectivity index (χ4n) is 2.93. The molecule has 0 bridgehead atoms. The minimum absolute atomic E-state index is 0.300. The average Bonchev–Trinajstić information content (AvgIpc) is 2.99. The highest BCUT2D eigenvalue weighted by Crippen LogP contribution is 2.30. The number of hydrogen-bond acceptors (Lipinski definition) is 7. The van der Waals surface area contributed by atoms with Crippen LogP contribution in [-0.4, -0.2) is 34.1 Å². The minimum atomic E-state index is 0.300. The summed E-state index contributed by atoms with van der Waals surface area (Å²) in [5.41, 5.74) is 6.72. The van der Waals surface area contributed by atoms with E-state index in [1.54, 1.807) is 17.5 Å². The van der Waals surface area contributed by atoms with Crippen molar-refractivity contribution in [2.24, 2.45) is 0 Å². The lowest BCUT2D eigenvalue weighted by molar-refractivity contribution is 0.528. The normalized spacial score (nSPS) is 18.3. The van der Waals surface area contributed by atoms with Gasteiger partial charge in [-0.25, -0.2) is 9.97 Å². The van der Waals surface area contributed by atoms with Crippen molar-refractivity contribution in [3.8, 4) is 0 Å². The summed E-state index contributed by atoms with van der Waals surface area (Å²) in [4.78, 5) is 15.3. The molecule has 1 aliphatic heterocycles. The Hall–Kier alpha value is -2.41. The van der Waals surface area contributed by atoms with E-state index in [0.29, 0.717) is 12.0 Å². The number of benzene rings is 1. The van der Waals surface area contributed by atoms with Gasteiger partial charge < -0.3 is 16.0 Å². The van der Waals surface area contributed by atoms with E-state index in [1.807, 2.05) is 12.1 Å². The Morgan fingerprint density at radius 2 is 2.13 bits per heavy atom. The van der Waals surface area contributed by atoms with Crippen molar-refractivity contribution in [3.05, 3.63) is 36.5 Å². The van der Waals surface area contributed by atoms with Gasteiger partial charge in [0.2, 0.25) is 5.95 Å². The average molecular weight is 326 g/mol. The number of thiazole rings is 1. The van der Waals surface area contributed by atoms with Crippen LogP contribution >= 0.6 is 11.3 Å². The maximum Gasteiger partial charge on any atom is 0.221 e. The third-order valence-corrected chi connectivity index (χ3v) is 5.10. The first-order valence-corrected chi connectivity index (χ1v) is 8.55. The van der Waals surface area contributed by atoms with Crippen LogP contribution in [0.3, 0.4) is 0 Å². The molecule has 3 N–H and O–H groups in total. The Morgan fingerprint density at radius 3 is 3.00 bits per heavy atom. The highest BCUT2D eigenvalue weighted by atomic mass is 32.1. The number of fused-ring (bicyclic) bond motifs is 1. The van der Waals surface area contributed by atoms with Crippen LogP contribution in [0, 0.1) is 0 Å². The van der Waals surface area contributed by atoms with Gasteiger partial charge in [-0.05, 0) is 31.0 Å². The van der Waals surface area contributed by atoms with E-state index in [0.717, 1.165) is 42.4 Å². The van der Waals surface area contributed by atoms with Crippen molar-refractivity contribution in [2.45, 2.75) is 18.9 Å². The van der Waals surface area contributed by atoms with Gasteiger partial charge in [-0.15, -0.1) is 0 Å². The summed E-state index contributed by atoms with van der Waals surface area (Å²) >= 11 is 1.76. The van der Waals surface area contributed by atoms with Crippen molar-refractivity contribution in [3.63, 3.8) is 0 Å². The molecule has 23 heavy (non-hydrogen) atoms. The lowest BCUT2D eigenvalue weighted by Crippen LogP contribution is -2.42. The van der Waals surface area contributed by atoms with E-state index in [9.17, 15) is 0 Å². The SMILES string of the molecule is Nc1nccc(NC2CCCN(c3nc4ccccc4s3)C2)n1. The molecule has 6 nitrogen and oxygen atoms in total. The molecule has 3 aromatic rings. The van der Waals surface area contributed by atoms with Crippen molar-refractivity contribution in [1.29, 1.82) is 0 Å². The van der Waals surface area contributed by atoms with Gasteiger partial charge in [0.25, 0.3) is 0 Å². The molecular weight excluding hydrogens is 308 g/mol. The molecule has 1 aliphatic rings. The first kappa shape index (κ1) is 14.2. The van der Waals surface area contributed by atoms with E-state index in [2.05, 4.69) is 38.4 Å². The van der Waals surface area contributed by atoms with Gasteiger partial charge in [0.05, 0.1) is 10.2 Å². The zero-order chi connectivity index (χ0) is 15.6. The molecule has 0 aliphatic carbocycles. The van der Waals surface area contributed by atoms with Crippen molar-refractivity contribution in [2.75, 3.05) is 29.0 Å². The molecule has 118 valence electrons. The third kappa shape index (κ3) is 3.05. The zero-order valence-corrected chi connectivity index (χ0v) is 13.5. The molecule has 3 heterocycles. The Kier molecular flexibility index (Phi) is 3.70. The second-order valence-corrected chi connectivity index (χ2v) is 6.70. The molecule has 0 spiro atoms. The molecular formula is C16H18N6S. The monoisotopic (exact) mass is 326 g/mol. The molecule has 1 atom stereocenters. The van der Waals surface area contributed by atoms with Crippen LogP contribution < -0.4 is 16.0 Å². The minimum Gasteiger partial charge on any atom is -0.368 e. The maximum atomic E-state index is 5.64. The highest BCUT2D eigenvalue weighted by Gasteiger charge is 2.22. The van der Waals surface area contributed by atoms with Crippen molar-refractivity contribution < 1.29 is 0 Å². The number of anilines is 3.